The molecule has 0 aromatic rings. The molecule has 0 aliphatic heterocycles. The first-order valence-corrected chi connectivity index (χ1v) is 2.41. The van der Waals surface area contributed by atoms with Gasteiger partial charge < -0.3 is 17.4 Å². The second-order valence-electron chi connectivity index (χ2n) is 1.42. The van der Waals surface area contributed by atoms with Crippen LogP contribution in [0.2, 0.25) is 0 Å². The fraction of sp³-hybridized carbons (Fsp3) is 0.750. The number of carbonyl (C=O) groups excluding carboxylic acids is 1. The number of hydrogen-bond acceptors (Lipinski definition) is 3. The van der Waals surface area contributed by atoms with E-state index in [4.69, 9.17) is 0 Å². The molecule has 2 nitrogen and oxygen atoms in total. The summed E-state index contributed by atoms with van der Waals surface area (Å²) in [5, 5.41) is -0.630. The molecular weight excluding hydrogens is 135 g/mol. The van der Waals surface area contributed by atoms with E-state index in [0.717, 1.165) is 0 Å². The molecule has 0 radical (unpaired) electrons. The first-order chi connectivity index (χ1) is 3.13. The molecule has 4 heteroatoms. The Balaban J connectivity index is 0. The van der Waals surface area contributed by atoms with E-state index >= 15 is 0 Å². The first-order valence-electron chi connectivity index (χ1n) is 2.00. The molecule has 0 saturated heterocycles. The van der Waals surface area contributed by atoms with Gasteiger partial charge in [0.25, 0.3) is 0 Å². The first kappa shape index (κ1) is 11.5. The predicted octanol–water partition coefficient (Wildman–Crippen LogP) is -1.92. The van der Waals surface area contributed by atoms with Gasteiger partial charge in [-0.05, 0) is 13.8 Å². The van der Waals surface area contributed by atoms with Crippen LogP contribution in [-0.2, 0) is 17.4 Å². The molecule has 0 saturated carbocycles. The summed E-state index contributed by atoms with van der Waals surface area (Å²) >= 11 is 4.09. The van der Waals surface area contributed by atoms with Crippen molar-refractivity contribution in [1.82, 2.24) is 0 Å². The average Bonchev–Trinajstić information content (AvgIpc) is 1.27. The van der Waals surface area contributed by atoms with Crippen LogP contribution in [0.25, 0.3) is 0 Å². The fourth-order valence-electron chi connectivity index (χ4n) is 0.192. The zero-order valence-corrected chi connectivity index (χ0v) is 8.12. The van der Waals surface area contributed by atoms with E-state index in [0.29, 0.717) is 0 Å². The molecule has 0 rings (SSSR count). The quantitative estimate of drug-likeness (QED) is 0.242. The van der Waals surface area contributed by atoms with Crippen molar-refractivity contribution in [1.29, 1.82) is 0 Å². The van der Waals surface area contributed by atoms with Gasteiger partial charge in [-0.3, -0.25) is 4.79 Å². The Kier molecular flexibility index (Phi) is 8.35. The van der Waals surface area contributed by atoms with Crippen LogP contribution in [0, 0.1) is 0 Å². The van der Waals surface area contributed by atoms with Crippen molar-refractivity contribution in [2.24, 2.45) is 0 Å². The number of rotatable bonds is 1. The van der Waals surface area contributed by atoms with Crippen LogP contribution < -0.4 is 29.6 Å². The maximum absolute atomic E-state index is 9.85. The van der Waals surface area contributed by atoms with E-state index < -0.39 is 5.30 Å². The standard InChI is InChI=1S/C4H8O2S.Na/c1-3(2)6-4(5)7;/h3H,1-2H3,(H,5,7);/q;+1/p-1. The third-order valence-corrected chi connectivity index (χ3v) is 0.428. The van der Waals surface area contributed by atoms with E-state index in [9.17, 15) is 4.79 Å². The normalized spacial score (nSPS) is 7.88. The Bertz CT molecular complexity index is 74.4. The molecule has 0 aliphatic rings. The summed E-state index contributed by atoms with van der Waals surface area (Å²) < 4.78 is 4.43. The number of ether oxygens (including phenoxy) is 1. The summed E-state index contributed by atoms with van der Waals surface area (Å²) in [5.41, 5.74) is 0. The van der Waals surface area contributed by atoms with Crippen LogP contribution in [0.15, 0.2) is 0 Å². The molecule has 0 bridgehead atoms. The van der Waals surface area contributed by atoms with E-state index in [1.54, 1.807) is 13.8 Å². The molecule has 0 spiro atoms. The summed E-state index contributed by atoms with van der Waals surface area (Å²) in [5.74, 6) is 0. The molecule has 0 aromatic heterocycles. The number of hydrogen-bond donors (Lipinski definition) is 0. The molecule has 0 amide bonds. The van der Waals surface area contributed by atoms with Crippen LogP contribution in [0.3, 0.4) is 0 Å². The SMILES string of the molecule is CC(C)OC(=O)[S-].[Na+]. The molecule has 0 aliphatic carbocycles. The van der Waals surface area contributed by atoms with E-state index in [1.807, 2.05) is 0 Å². The minimum absolute atomic E-state index is 0. The molecule has 0 aromatic carbocycles. The van der Waals surface area contributed by atoms with E-state index in [-0.39, 0.29) is 35.7 Å². The Labute approximate surface area is 76.7 Å². The van der Waals surface area contributed by atoms with Gasteiger partial charge in [0.2, 0.25) is 0 Å². The van der Waals surface area contributed by atoms with Crippen molar-refractivity contribution < 1.29 is 39.1 Å². The van der Waals surface area contributed by atoms with Gasteiger partial charge in [-0.25, -0.2) is 0 Å². The van der Waals surface area contributed by atoms with Crippen molar-refractivity contribution in [2.45, 2.75) is 20.0 Å². The minimum atomic E-state index is -0.630. The Morgan fingerprint density at radius 2 is 2.00 bits per heavy atom. The van der Waals surface area contributed by atoms with Gasteiger partial charge in [0.05, 0.1) is 6.10 Å². The van der Waals surface area contributed by atoms with Crippen molar-refractivity contribution in [2.75, 3.05) is 0 Å². The third kappa shape index (κ3) is 9.85. The summed E-state index contributed by atoms with van der Waals surface area (Å²) in [7, 11) is 0. The van der Waals surface area contributed by atoms with Crippen molar-refractivity contribution in [3.8, 4) is 0 Å². The van der Waals surface area contributed by atoms with Gasteiger partial charge >= 0.3 is 29.6 Å². The van der Waals surface area contributed by atoms with Crippen LogP contribution in [-0.4, -0.2) is 11.4 Å². The minimum Gasteiger partial charge on any atom is -0.698 e. The summed E-state index contributed by atoms with van der Waals surface area (Å²) in [6.07, 6.45) is -0.0787. The van der Waals surface area contributed by atoms with Gasteiger partial charge in [0, 0.05) is 0 Å². The zero-order valence-electron chi connectivity index (χ0n) is 5.30. The molecule has 0 fully saturated rings. The summed E-state index contributed by atoms with van der Waals surface area (Å²) in [4.78, 5) is 9.85. The fourth-order valence-corrected chi connectivity index (χ4v) is 0.385. The smallest absolute Gasteiger partial charge is 0.698 e. The Morgan fingerprint density at radius 1 is 1.62 bits per heavy atom. The van der Waals surface area contributed by atoms with Gasteiger partial charge in [0.15, 0.2) is 5.30 Å². The van der Waals surface area contributed by atoms with Crippen molar-refractivity contribution >= 4 is 17.9 Å². The van der Waals surface area contributed by atoms with Gasteiger partial charge in [-0.2, -0.15) is 0 Å². The molecule has 0 N–H and O–H groups in total. The topological polar surface area (TPSA) is 26.3 Å². The monoisotopic (exact) mass is 142 g/mol. The maximum Gasteiger partial charge on any atom is 1.00 e. The third-order valence-electron chi connectivity index (χ3n) is 0.332. The zero-order chi connectivity index (χ0) is 5.86. The van der Waals surface area contributed by atoms with E-state index in [2.05, 4.69) is 17.4 Å². The molecule has 0 unspecified atom stereocenters. The Morgan fingerprint density at radius 3 is 2.00 bits per heavy atom. The second-order valence-corrected chi connectivity index (χ2v) is 1.75. The maximum atomic E-state index is 9.85. The second kappa shape index (κ2) is 5.82. The van der Waals surface area contributed by atoms with Crippen LogP contribution in [0.5, 0.6) is 0 Å². The molecule has 0 atom stereocenters. The molecule has 8 heavy (non-hydrogen) atoms. The van der Waals surface area contributed by atoms with Crippen LogP contribution >= 0.6 is 0 Å². The molecule has 0 heterocycles. The van der Waals surface area contributed by atoms with Gasteiger partial charge in [-0.1, -0.05) is 0 Å². The predicted molar refractivity (Wildman–Crippen MR) is 29.0 cm³/mol. The van der Waals surface area contributed by atoms with E-state index in [1.165, 1.54) is 0 Å². The molecular formula is C4H7NaO2S. The summed E-state index contributed by atoms with van der Waals surface area (Å²) in [6, 6.07) is 0. The van der Waals surface area contributed by atoms with Crippen molar-refractivity contribution in [3.05, 3.63) is 0 Å². The Hall–Kier alpha value is 0.690. The van der Waals surface area contributed by atoms with Crippen LogP contribution in [0.1, 0.15) is 13.8 Å². The van der Waals surface area contributed by atoms with Gasteiger partial charge in [-0.15, -0.1) is 0 Å². The van der Waals surface area contributed by atoms with Gasteiger partial charge in [0.1, 0.15) is 0 Å². The average molecular weight is 142 g/mol. The van der Waals surface area contributed by atoms with Crippen molar-refractivity contribution in [3.63, 3.8) is 0 Å². The summed E-state index contributed by atoms with van der Waals surface area (Å²) in [6.45, 7) is 3.51. The number of carbonyl (C=O) groups is 1. The van der Waals surface area contributed by atoms with Crippen LogP contribution in [0.4, 0.5) is 4.79 Å². The molecule has 42 valence electrons. The largest absolute Gasteiger partial charge is 1.00 e.